The summed E-state index contributed by atoms with van der Waals surface area (Å²) in [5.74, 6) is -2.02. The Labute approximate surface area is 320 Å². The SMILES string of the molecule is Cl.Cl.NCCCC[C@H](NC(=O)OCc1ccccc1)C(=O)N[C@@H](Cc1ccccc1)C(=O)N[C@@H](CCCN=C(N)N)C(=O)Nc1ccc([N+](=O)[O-])cc1. The molecule has 0 radical (unpaired) electrons. The molecule has 3 atom stereocenters. The van der Waals surface area contributed by atoms with Gasteiger partial charge in [0.2, 0.25) is 17.7 Å². The van der Waals surface area contributed by atoms with E-state index in [2.05, 4.69) is 26.3 Å². The van der Waals surface area contributed by atoms with Gasteiger partial charge in [-0.3, -0.25) is 29.5 Å². The predicted octanol–water partition coefficient (Wildman–Crippen LogP) is 3.07. The Bertz CT molecular complexity index is 1620. The first-order chi connectivity index (χ1) is 24.5. The maximum atomic E-state index is 13.9. The molecule has 0 spiro atoms. The van der Waals surface area contributed by atoms with E-state index in [4.69, 9.17) is 21.9 Å². The molecule has 3 aromatic carbocycles. The zero-order valence-corrected chi connectivity index (χ0v) is 30.6. The number of anilines is 1. The van der Waals surface area contributed by atoms with Crippen molar-refractivity contribution in [3.05, 3.63) is 106 Å². The number of guanidine groups is 1. The normalized spacial score (nSPS) is 11.9. The topological polar surface area (TPSA) is 259 Å². The predicted molar refractivity (Wildman–Crippen MR) is 207 cm³/mol. The molecule has 16 nitrogen and oxygen atoms in total. The van der Waals surface area contributed by atoms with E-state index in [1.54, 1.807) is 36.4 Å². The van der Waals surface area contributed by atoms with Crippen LogP contribution in [0.2, 0.25) is 0 Å². The molecule has 0 heterocycles. The third-order valence-electron chi connectivity index (χ3n) is 7.61. The lowest BCUT2D eigenvalue weighted by Crippen LogP contribution is -2.57. The molecule has 0 saturated carbocycles. The fraction of sp³-hybridized carbons (Fsp3) is 0.343. The standard InChI is InChI=1S/C35H45N9O7.2ClH/c36-20-8-7-14-29(43-35(48)51-23-25-12-5-2-6-13-25)32(46)42-30(22-24-10-3-1-4-11-24)33(47)41-28(15-9-21-39-34(37)38)31(45)40-26-16-18-27(19-17-26)44(49)50;;/h1-6,10-13,16-19,28-30H,7-9,14-15,20-23,36H2,(H,40,45)(H,41,47)(H,42,46)(H,43,48)(H4,37,38,39);2*1H/t28-,29-,30-;;/m0../s1. The molecule has 0 aromatic heterocycles. The lowest BCUT2D eigenvalue weighted by atomic mass is 10.0. The number of rotatable bonds is 20. The molecule has 10 N–H and O–H groups in total. The smallest absolute Gasteiger partial charge is 0.408 e. The highest BCUT2D eigenvalue weighted by Crippen LogP contribution is 2.16. The summed E-state index contributed by atoms with van der Waals surface area (Å²) in [5.41, 5.74) is 18.1. The molecule has 4 amide bonds. The fourth-order valence-corrected chi connectivity index (χ4v) is 4.94. The van der Waals surface area contributed by atoms with Crippen LogP contribution in [0, 0.1) is 10.1 Å². The Hall–Kier alpha value is -5.45. The van der Waals surface area contributed by atoms with Gasteiger partial charge in [-0.25, -0.2) is 4.79 Å². The first kappa shape index (κ1) is 45.6. The Kier molecular flexibility index (Phi) is 21.2. The van der Waals surface area contributed by atoms with Crippen molar-refractivity contribution in [3.63, 3.8) is 0 Å². The second-order valence-corrected chi connectivity index (χ2v) is 11.6. The monoisotopic (exact) mass is 775 g/mol. The lowest BCUT2D eigenvalue weighted by Gasteiger charge is -2.25. The molecule has 288 valence electrons. The number of nitrogens with zero attached hydrogens (tertiary/aromatic N) is 2. The average molecular weight is 777 g/mol. The van der Waals surface area contributed by atoms with Crippen LogP contribution >= 0.6 is 24.8 Å². The Balaban J connectivity index is 0.00000702. The summed E-state index contributed by atoms with van der Waals surface area (Å²) in [6, 6.07) is 19.9. The van der Waals surface area contributed by atoms with Crippen LogP contribution in [0.3, 0.4) is 0 Å². The van der Waals surface area contributed by atoms with E-state index < -0.39 is 46.9 Å². The number of nitrogens with one attached hydrogen (secondary N) is 4. The highest BCUT2D eigenvalue weighted by Gasteiger charge is 2.30. The number of carbonyl (C=O) groups excluding carboxylic acids is 4. The van der Waals surface area contributed by atoms with Gasteiger partial charge in [-0.1, -0.05) is 60.7 Å². The molecule has 0 fully saturated rings. The summed E-state index contributed by atoms with van der Waals surface area (Å²) in [6.07, 6.45) is 1.03. The molecule has 53 heavy (non-hydrogen) atoms. The second-order valence-electron chi connectivity index (χ2n) is 11.6. The van der Waals surface area contributed by atoms with Gasteiger partial charge < -0.3 is 43.2 Å². The van der Waals surface area contributed by atoms with Gasteiger partial charge in [-0.05, 0) is 61.9 Å². The van der Waals surface area contributed by atoms with Gasteiger partial charge >= 0.3 is 6.09 Å². The number of amides is 4. The van der Waals surface area contributed by atoms with Crippen molar-refractivity contribution in [2.45, 2.75) is 63.3 Å². The van der Waals surface area contributed by atoms with Crippen molar-refractivity contribution in [1.29, 1.82) is 0 Å². The molecule has 0 saturated heterocycles. The number of unbranched alkanes of at least 4 members (excludes halogenated alkanes) is 1. The number of non-ortho nitro benzene ring substituents is 1. The second kappa shape index (κ2) is 24.7. The van der Waals surface area contributed by atoms with Crippen molar-refractivity contribution in [2.75, 3.05) is 18.4 Å². The Morgan fingerprint density at radius 3 is 1.85 bits per heavy atom. The maximum Gasteiger partial charge on any atom is 0.408 e. The quantitative estimate of drug-likeness (QED) is 0.0290. The van der Waals surface area contributed by atoms with E-state index in [-0.39, 0.29) is 74.6 Å². The number of alkyl carbamates (subject to hydrolysis) is 1. The number of nitrogens with two attached hydrogens (primary N) is 3. The Morgan fingerprint density at radius 1 is 0.717 bits per heavy atom. The maximum absolute atomic E-state index is 13.9. The van der Waals surface area contributed by atoms with Crippen LogP contribution in [-0.4, -0.2) is 65.9 Å². The summed E-state index contributed by atoms with van der Waals surface area (Å²) < 4.78 is 5.33. The summed E-state index contributed by atoms with van der Waals surface area (Å²) in [7, 11) is 0. The van der Waals surface area contributed by atoms with E-state index >= 15 is 0 Å². The summed E-state index contributed by atoms with van der Waals surface area (Å²) >= 11 is 0. The van der Waals surface area contributed by atoms with Crippen LogP contribution in [0.1, 0.15) is 43.2 Å². The highest BCUT2D eigenvalue weighted by molar-refractivity contribution is 5.99. The van der Waals surface area contributed by atoms with Gasteiger partial charge in [0.05, 0.1) is 4.92 Å². The third-order valence-corrected chi connectivity index (χ3v) is 7.61. The number of nitro groups is 1. The van der Waals surface area contributed by atoms with Gasteiger partial charge in [-0.2, -0.15) is 0 Å². The third kappa shape index (κ3) is 17.1. The number of carbonyl (C=O) groups is 4. The molecule has 3 aromatic rings. The van der Waals surface area contributed by atoms with E-state index in [0.717, 1.165) is 11.1 Å². The minimum absolute atomic E-state index is 0. The average Bonchev–Trinajstić information content (AvgIpc) is 3.12. The number of halogens is 2. The molecule has 0 aliphatic heterocycles. The van der Waals surface area contributed by atoms with Crippen LogP contribution < -0.4 is 38.5 Å². The van der Waals surface area contributed by atoms with Crippen molar-refractivity contribution < 1.29 is 28.8 Å². The molecule has 0 aliphatic carbocycles. The summed E-state index contributed by atoms with van der Waals surface area (Å²) in [5, 5.41) is 21.8. The Morgan fingerprint density at radius 2 is 1.26 bits per heavy atom. The first-order valence-electron chi connectivity index (χ1n) is 16.5. The number of aliphatic imine (C=N–C) groups is 1. The van der Waals surface area contributed by atoms with E-state index in [9.17, 15) is 29.3 Å². The molecular weight excluding hydrogens is 729 g/mol. The molecule has 0 bridgehead atoms. The van der Waals surface area contributed by atoms with Crippen LogP contribution in [0.25, 0.3) is 0 Å². The molecule has 18 heteroatoms. The van der Waals surface area contributed by atoms with Crippen LogP contribution in [0.15, 0.2) is 89.9 Å². The van der Waals surface area contributed by atoms with E-state index in [1.807, 2.05) is 24.3 Å². The summed E-state index contributed by atoms with van der Waals surface area (Å²) in [6.45, 7) is 0.563. The summed E-state index contributed by atoms with van der Waals surface area (Å²) in [4.78, 5) is 68.2. The van der Waals surface area contributed by atoms with Gasteiger partial charge in [0.15, 0.2) is 5.96 Å². The minimum atomic E-state index is -1.16. The number of nitro benzene ring substituents is 1. The number of benzene rings is 3. The fourth-order valence-electron chi connectivity index (χ4n) is 4.94. The van der Waals surface area contributed by atoms with Gasteiger partial charge in [-0.15, -0.1) is 24.8 Å². The van der Waals surface area contributed by atoms with Crippen molar-refractivity contribution in [2.24, 2.45) is 22.2 Å². The molecule has 3 rings (SSSR count). The van der Waals surface area contributed by atoms with Crippen LogP contribution in [-0.2, 0) is 32.1 Å². The minimum Gasteiger partial charge on any atom is -0.445 e. The largest absolute Gasteiger partial charge is 0.445 e. The van der Waals surface area contributed by atoms with Crippen molar-refractivity contribution >= 4 is 66.0 Å². The van der Waals surface area contributed by atoms with Crippen LogP contribution in [0.4, 0.5) is 16.2 Å². The number of ether oxygens (including phenoxy) is 1. The van der Waals surface area contributed by atoms with Crippen molar-refractivity contribution in [1.82, 2.24) is 16.0 Å². The molecule has 0 unspecified atom stereocenters. The molecule has 0 aliphatic rings. The van der Waals surface area contributed by atoms with Gasteiger partial charge in [0.1, 0.15) is 24.7 Å². The number of hydrogen-bond donors (Lipinski definition) is 7. The highest BCUT2D eigenvalue weighted by atomic mass is 35.5. The van der Waals surface area contributed by atoms with Crippen molar-refractivity contribution in [3.8, 4) is 0 Å². The van der Waals surface area contributed by atoms with Gasteiger partial charge in [0, 0.05) is 30.8 Å². The van der Waals surface area contributed by atoms with Gasteiger partial charge in [0.25, 0.3) is 5.69 Å². The number of hydrogen-bond acceptors (Lipinski definition) is 9. The van der Waals surface area contributed by atoms with Crippen LogP contribution in [0.5, 0.6) is 0 Å². The molecular formula is C35H47Cl2N9O7. The lowest BCUT2D eigenvalue weighted by molar-refractivity contribution is -0.384. The first-order valence-corrected chi connectivity index (χ1v) is 16.5. The zero-order chi connectivity index (χ0) is 37.0. The van der Waals surface area contributed by atoms with E-state index in [1.165, 1.54) is 24.3 Å². The zero-order valence-electron chi connectivity index (χ0n) is 29.0. The van der Waals surface area contributed by atoms with E-state index in [0.29, 0.717) is 25.8 Å².